The van der Waals surface area contributed by atoms with Gasteiger partial charge in [-0.3, -0.25) is 0 Å². The molecule has 1 saturated heterocycles. The largest absolute Gasteiger partial charge is 0.508 e. The molecule has 24 heavy (non-hydrogen) atoms. The number of hydrogen-bond donors (Lipinski definition) is 3. The van der Waals surface area contributed by atoms with Gasteiger partial charge in [-0.05, 0) is 66.5 Å². The van der Waals surface area contributed by atoms with Gasteiger partial charge < -0.3 is 15.5 Å². The van der Waals surface area contributed by atoms with Crippen LogP contribution in [0, 0.1) is 22.7 Å². The molecule has 1 aromatic carbocycles. The third-order valence-electron chi connectivity index (χ3n) is 7.86. The van der Waals surface area contributed by atoms with Gasteiger partial charge >= 0.3 is 0 Å². The molecular weight excluding hydrogens is 298 g/mol. The number of nitrogens with one attached hydrogen (secondary N) is 1. The molecule has 0 bridgehead atoms. The van der Waals surface area contributed by atoms with Crippen molar-refractivity contribution >= 4 is 0 Å². The Morgan fingerprint density at radius 1 is 1.04 bits per heavy atom. The van der Waals surface area contributed by atoms with E-state index in [1.54, 1.807) is 0 Å². The van der Waals surface area contributed by atoms with E-state index in [0.29, 0.717) is 23.0 Å². The average Bonchev–Trinajstić information content (AvgIpc) is 2.71. The Hall–Kier alpha value is -1.22. The van der Waals surface area contributed by atoms with E-state index >= 15 is 0 Å². The molecule has 2 aliphatic carbocycles. The van der Waals surface area contributed by atoms with Gasteiger partial charge in [0.25, 0.3) is 0 Å². The van der Waals surface area contributed by atoms with Crippen LogP contribution in [0.2, 0.25) is 0 Å². The van der Waals surface area contributed by atoms with Gasteiger partial charge in [0.05, 0.1) is 0 Å². The predicted molar refractivity (Wildman–Crippen MR) is 96.4 cm³/mol. The lowest BCUT2D eigenvalue weighted by Gasteiger charge is -2.57. The number of fused-ring (bicyclic) bond motifs is 5. The Labute approximate surface area is 145 Å². The zero-order valence-electron chi connectivity index (χ0n) is 15.4. The lowest BCUT2D eigenvalue weighted by molar-refractivity contribution is -0.0569. The van der Waals surface area contributed by atoms with Crippen LogP contribution in [0.15, 0.2) is 12.1 Å². The highest BCUT2D eigenvalue weighted by atomic mass is 16.3. The first-order chi connectivity index (χ1) is 11.2. The van der Waals surface area contributed by atoms with Crippen LogP contribution < -0.4 is 5.32 Å². The molecule has 4 rings (SSSR count). The minimum absolute atomic E-state index is 0.0266. The van der Waals surface area contributed by atoms with Crippen molar-refractivity contribution in [2.45, 2.75) is 58.8 Å². The molecule has 3 nitrogen and oxygen atoms in total. The molecule has 1 aromatic rings. The van der Waals surface area contributed by atoms with E-state index in [2.05, 4.69) is 33.0 Å². The van der Waals surface area contributed by atoms with Crippen LogP contribution in [-0.2, 0) is 11.8 Å². The highest BCUT2D eigenvalue weighted by molar-refractivity contribution is 5.54. The molecule has 4 atom stereocenters. The maximum Gasteiger partial charge on any atom is 0.123 e. The summed E-state index contributed by atoms with van der Waals surface area (Å²) >= 11 is 0. The van der Waals surface area contributed by atoms with Gasteiger partial charge in [-0.2, -0.15) is 0 Å². The Morgan fingerprint density at radius 3 is 2.54 bits per heavy atom. The number of aromatic hydroxyl groups is 2. The second kappa shape index (κ2) is 4.91. The van der Waals surface area contributed by atoms with Gasteiger partial charge in [0.15, 0.2) is 0 Å². The van der Waals surface area contributed by atoms with Crippen molar-refractivity contribution in [2.24, 2.45) is 22.7 Å². The van der Waals surface area contributed by atoms with E-state index in [0.717, 1.165) is 37.1 Å². The van der Waals surface area contributed by atoms with Crippen molar-refractivity contribution in [3.8, 4) is 11.5 Å². The lowest BCUT2D eigenvalue weighted by atomic mass is 9.47. The van der Waals surface area contributed by atoms with Crippen LogP contribution in [0.25, 0.3) is 0 Å². The monoisotopic (exact) mass is 329 g/mol. The van der Waals surface area contributed by atoms with E-state index in [-0.39, 0.29) is 16.6 Å². The van der Waals surface area contributed by atoms with Gasteiger partial charge in [0.2, 0.25) is 0 Å². The third-order valence-corrected chi connectivity index (χ3v) is 7.86. The zero-order valence-corrected chi connectivity index (χ0v) is 15.4. The quantitative estimate of drug-likeness (QED) is 0.675. The van der Waals surface area contributed by atoms with Crippen molar-refractivity contribution < 1.29 is 10.2 Å². The van der Waals surface area contributed by atoms with E-state index in [1.165, 1.54) is 18.9 Å². The van der Waals surface area contributed by atoms with Gasteiger partial charge in [-0.15, -0.1) is 0 Å². The summed E-state index contributed by atoms with van der Waals surface area (Å²) in [5, 5.41) is 24.2. The molecule has 2 fully saturated rings. The number of phenolic OH excluding ortho intramolecular Hbond substituents is 2. The minimum Gasteiger partial charge on any atom is -0.508 e. The molecule has 3 aliphatic rings. The average molecular weight is 329 g/mol. The smallest absolute Gasteiger partial charge is 0.123 e. The molecule has 3 N–H and O–H groups in total. The molecule has 1 aliphatic heterocycles. The van der Waals surface area contributed by atoms with E-state index in [9.17, 15) is 10.2 Å². The fraction of sp³-hybridized carbons (Fsp3) is 0.714. The predicted octanol–water partition coefficient (Wildman–Crippen LogP) is 3.96. The molecule has 4 unspecified atom stereocenters. The Morgan fingerprint density at radius 2 is 1.79 bits per heavy atom. The van der Waals surface area contributed by atoms with Crippen LogP contribution in [0.5, 0.6) is 11.5 Å². The first-order valence-electron chi connectivity index (χ1n) is 9.44. The highest BCUT2D eigenvalue weighted by Crippen LogP contribution is 2.66. The van der Waals surface area contributed by atoms with Crippen molar-refractivity contribution in [3.63, 3.8) is 0 Å². The lowest BCUT2D eigenvalue weighted by Crippen LogP contribution is -2.53. The zero-order chi connectivity index (χ0) is 17.3. The van der Waals surface area contributed by atoms with Crippen molar-refractivity contribution in [1.82, 2.24) is 5.32 Å². The summed E-state index contributed by atoms with van der Waals surface area (Å²) < 4.78 is 0. The topological polar surface area (TPSA) is 52.5 Å². The Balaban J connectivity index is 1.84. The highest BCUT2D eigenvalue weighted by Gasteiger charge is 2.60. The standard InChI is InChI=1S/C21H31NO2/c1-19(2)12-22-8-7-20(3)16(19)5-6-21(4)17(20)10-13-9-14(23)11-15(24)18(13)21/h9,11,16-17,22-24H,5-8,10,12H2,1-4H3. The molecular formula is C21H31NO2. The second-order valence-corrected chi connectivity index (χ2v) is 9.69. The number of hydrogen-bond acceptors (Lipinski definition) is 3. The summed E-state index contributed by atoms with van der Waals surface area (Å²) in [4.78, 5) is 0. The van der Waals surface area contributed by atoms with E-state index in [4.69, 9.17) is 0 Å². The van der Waals surface area contributed by atoms with E-state index in [1.807, 2.05) is 6.07 Å². The molecule has 0 aromatic heterocycles. The summed E-state index contributed by atoms with van der Waals surface area (Å²) in [5.74, 6) is 1.72. The second-order valence-electron chi connectivity index (χ2n) is 9.69. The van der Waals surface area contributed by atoms with Crippen LogP contribution >= 0.6 is 0 Å². The van der Waals surface area contributed by atoms with Crippen LogP contribution in [0.1, 0.15) is 58.1 Å². The number of phenols is 2. The first-order valence-corrected chi connectivity index (χ1v) is 9.44. The summed E-state index contributed by atoms with van der Waals surface area (Å²) in [5.41, 5.74) is 2.86. The first kappa shape index (κ1) is 16.3. The van der Waals surface area contributed by atoms with Crippen LogP contribution in [0.3, 0.4) is 0 Å². The normalized spacial score (nSPS) is 40.3. The molecule has 0 amide bonds. The summed E-state index contributed by atoms with van der Waals surface area (Å²) in [7, 11) is 0. The Kier molecular flexibility index (Phi) is 3.32. The molecule has 0 radical (unpaired) electrons. The Bertz CT molecular complexity index is 683. The van der Waals surface area contributed by atoms with Gasteiger partial charge in [-0.25, -0.2) is 0 Å². The summed E-state index contributed by atoms with van der Waals surface area (Å²) in [6, 6.07) is 3.41. The van der Waals surface area contributed by atoms with Crippen molar-refractivity contribution in [3.05, 3.63) is 23.3 Å². The molecule has 1 saturated carbocycles. The van der Waals surface area contributed by atoms with Crippen LogP contribution in [0.4, 0.5) is 0 Å². The maximum absolute atomic E-state index is 10.6. The third kappa shape index (κ3) is 2.00. The molecule has 132 valence electrons. The molecule has 1 heterocycles. The summed E-state index contributed by atoms with van der Waals surface area (Å²) in [6.07, 6.45) is 4.53. The minimum atomic E-state index is 0.0266. The van der Waals surface area contributed by atoms with Crippen LogP contribution in [-0.4, -0.2) is 23.3 Å². The fourth-order valence-corrected chi connectivity index (χ4v) is 6.91. The van der Waals surface area contributed by atoms with Gasteiger partial charge in [0.1, 0.15) is 11.5 Å². The molecule has 3 heteroatoms. The fourth-order valence-electron chi connectivity index (χ4n) is 6.91. The maximum atomic E-state index is 10.6. The SMILES string of the molecule is CC1(C)CNCCC2(C)C1CCC1(C)c3c(O)cc(O)cc3CC12. The number of benzene rings is 1. The van der Waals surface area contributed by atoms with Gasteiger partial charge in [-0.1, -0.05) is 27.7 Å². The van der Waals surface area contributed by atoms with Crippen molar-refractivity contribution in [2.75, 3.05) is 13.1 Å². The van der Waals surface area contributed by atoms with Crippen molar-refractivity contribution in [1.29, 1.82) is 0 Å². The number of rotatable bonds is 0. The summed E-state index contributed by atoms with van der Waals surface area (Å²) in [6.45, 7) is 11.9. The van der Waals surface area contributed by atoms with E-state index < -0.39 is 0 Å². The molecule has 0 spiro atoms. The van der Waals surface area contributed by atoms with Gasteiger partial charge in [0, 0.05) is 23.6 Å².